The van der Waals surface area contributed by atoms with Crippen LogP contribution in [0.25, 0.3) is 0 Å². The summed E-state index contributed by atoms with van der Waals surface area (Å²) < 4.78 is 72.2. The van der Waals surface area contributed by atoms with E-state index in [-0.39, 0.29) is 0 Å². The molecule has 36 nitrogen and oxygen atoms in total. The molecule has 0 spiro atoms. The van der Waals surface area contributed by atoms with Crippen LogP contribution in [0.2, 0.25) is 0 Å². The Balaban J connectivity index is 1.06. The Kier molecular flexibility index (Phi) is 22.6. The molecule has 0 aromatic carbocycles. The number of aliphatic hydroxyl groups excluding tert-OH is 23. The number of aliphatic hydroxyl groups is 23. The summed E-state index contributed by atoms with van der Waals surface area (Å²) in [4.78, 5) is 0. The fraction of sp³-hybridized carbons (Fsp3) is 1.00. The number of ether oxygens (including phenoxy) is 13. The zero-order chi connectivity index (χ0) is 57.3. The summed E-state index contributed by atoms with van der Waals surface area (Å²) >= 11 is 0. The topological polar surface area (TPSA) is 585 Å². The molecule has 36 heteroatoms. The standard InChI is InChI=1S/C42H72O36/c43-1-8-15(46)23(54)28(59)37(71-8)66-6-13-20(51)35(78-42-31(62)25(56)17(48)10(3-45)73-42)33(64)40(76-13)69-5-12-19(50)26(57)29(60)38(74-12)67-7-14-21(52)34(77-41-30(61)24(55)16(47)9(2-44)72-41)32(63)39(75-14)68-4-11-18(49)22(53)27(58)36(65)70-11/h8-65H,1-7H2/t8-,9-,10-,11-,12-,13-,14-,15+,16-,17-,18-,19-,20-,21-,22+,23+,24+,25+,26+,27-,28-,29-,30-,31-,32-,33-,34+,35+,36-,37-,38-,39-,40-,41+,42+/m1/s1. The van der Waals surface area contributed by atoms with Gasteiger partial charge < -0.3 is 179 Å². The van der Waals surface area contributed by atoms with E-state index >= 15 is 0 Å². The van der Waals surface area contributed by atoms with Crippen molar-refractivity contribution in [2.45, 2.75) is 215 Å². The van der Waals surface area contributed by atoms with E-state index in [1.807, 2.05) is 0 Å². The second-order valence-corrected chi connectivity index (χ2v) is 19.7. The Labute approximate surface area is 439 Å². The Morgan fingerprint density at radius 1 is 0.218 bits per heavy atom. The molecule has 7 aliphatic heterocycles. The van der Waals surface area contributed by atoms with Gasteiger partial charge in [-0.1, -0.05) is 0 Å². The molecule has 7 aliphatic rings. The average Bonchev–Trinajstić information content (AvgIpc) is 3.49. The predicted molar refractivity (Wildman–Crippen MR) is 232 cm³/mol. The first kappa shape index (κ1) is 64.1. The van der Waals surface area contributed by atoms with Gasteiger partial charge in [0.1, 0.15) is 171 Å². The lowest BCUT2D eigenvalue weighted by molar-refractivity contribution is -0.375. The Morgan fingerprint density at radius 3 is 0.769 bits per heavy atom. The van der Waals surface area contributed by atoms with E-state index in [1.54, 1.807) is 0 Å². The maximum Gasteiger partial charge on any atom is 0.187 e. The summed E-state index contributed by atoms with van der Waals surface area (Å²) in [6.07, 6.45) is -67.5. The van der Waals surface area contributed by atoms with E-state index in [1.165, 1.54) is 0 Å². The highest BCUT2D eigenvalue weighted by Crippen LogP contribution is 2.35. The third-order valence-corrected chi connectivity index (χ3v) is 14.5. The molecule has 7 heterocycles. The largest absolute Gasteiger partial charge is 0.394 e. The van der Waals surface area contributed by atoms with Crippen molar-refractivity contribution in [3.63, 3.8) is 0 Å². The van der Waals surface area contributed by atoms with Crippen LogP contribution in [0, 0.1) is 0 Å². The molecule has 23 N–H and O–H groups in total. The van der Waals surface area contributed by atoms with Crippen LogP contribution in [0.15, 0.2) is 0 Å². The van der Waals surface area contributed by atoms with Crippen molar-refractivity contribution in [1.29, 1.82) is 0 Å². The SMILES string of the molecule is OC[C@H]1O[C@@H](OC[C@H]2O[C@@H](OC[C@H]3O[C@@H](OC[C@H]4O[C@@H](OC[C@H]5O[C@@H](O)[C@H](O)[C@@H](O)[C@@H]5O)[C@H](O)[C@@H](O[C@@H]5O[C@H](CO)[C@@H](O)[C@H](O)[C@H]5O)[C@@H]4O)[C@H](O)[C@@H](O)[C@@H]3O)[C@H](O)[C@@H](O[C@@H]3O[C@H](CO)[C@@H](O)[C@H](O)[C@H]3O)[C@@H]2O)[C@H](O)[C@@H](O)[C@H]1O. The normalized spacial score (nSPS) is 53.5. The molecule has 0 aliphatic carbocycles. The molecule has 0 aromatic rings. The summed E-state index contributed by atoms with van der Waals surface area (Å²) in [7, 11) is 0. The van der Waals surface area contributed by atoms with Gasteiger partial charge in [-0.3, -0.25) is 0 Å². The first-order chi connectivity index (χ1) is 36.8. The molecular formula is C42H72O36. The van der Waals surface area contributed by atoms with Crippen LogP contribution in [0.5, 0.6) is 0 Å². The summed E-state index contributed by atoms with van der Waals surface area (Å²) in [6, 6.07) is 0. The van der Waals surface area contributed by atoms with Crippen LogP contribution in [-0.2, 0) is 61.6 Å². The first-order valence-electron chi connectivity index (χ1n) is 24.6. The van der Waals surface area contributed by atoms with Crippen molar-refractivity contribution in [3.8, 4) is 0 Å². The van der Waals surface area contributed by atoms with Crippen molar-refractivity contribution in [3.05, 3.63) is 0 Å². The van der Waals surface area contributed by atoms with Gasteiger partial charge in [0.2, 0.25) is 0 Å². The van der Waals surface area contributed by atoms with Crippen molar-refractivity contribution >= 4 is 0 Å². The summed E-state index contributed by atoms with van der Waals surface area (Å²) in [5, 5.41) is 242. The highest BCUT2D eigenvalue weighted by Gasteiger charge is 2.56. The van der Waals surface area contributed by atoms with E-state index in [9.17, 15) is 117 Å². The maximum absolute atomic E-state index is 11.5. The van der Waals surface area contributed by atoms with Crippen LogP contribution >= 0.6 is 0 Å². The van der Waals surface area contributed by atoms with Gasteiger partial charge in [-0.25, -0.2) is 0 Å². The third kappa shape index (κ3) is 13.5. The van der Waals surface area contributed by atoms with Gasteiger partial charge in [0.25, 0.3) is 0 Å². The highest BCUT2D eigenvalue weighted by molar-refractivity contribution is 4.99. The van der Waals surface area contributed by atoms with E-state index in [4.69, 9.17) is 61.6 Å². The molecule has 78 heavy (non-hydrogen) atoms. The number of hydrogen-bond donors (Lipinski definition) is 23. The molecule has 35 atom stereocenters. The van der Waals surface area contributed by atoms with Gasteiger partial charge in [0.15, 0.2) is 44.0 Å². The van der Waals surface area contributed by atoms with E-state index in [0.29, 0.717) is 0 Å². The van der Waals surface area contributed by atoms with Crippen LogP contribution < -0.4 is 0 Å². The van der Waals surface area contributed by atoms with Gasteiger partial charge in [0, 0.05) is 0 Å². The van der Waals surface area contributed by atoms with Crippen molar-refractivity contribution in [1.82, 2.24) is 0 Å². The third-order valence-electron chi connectivity index (χ3n) is 14.5. The number of hydrogen-bond acceptors (Lipinski definition) is 36. The lowest BCUT2D eigenvalue weighted by Gasteiger charge is -2.47. The quantitative estimate of drug-likeness (QED) is 0.0571. The fourth-order valence-electron chi connectivity index (χ4n) is 9.57. The predicted octanol–water partition coefficient (Wildman–Crippen LogP) is -16.3. The molecule has 0 amide bonds. The van der Waals surface area contributed by atoms with Crippen LogP contribution in [-0.4, -0.2) is 379 Å². The Bertz CT molecular complexity index is 1810. The van der Waals surface area contributed by atoms with Crippen molar-refractivity contribution in [2.24, 2.45) is 0 Å². The van der Waals surface area contributed by atoms with Crippen LogP contribution in [0.4, 0.5) is 0 Å². The summed E-state index contributed by atoms with van der Waals surface area (Å²) in [6.45, 7) is -6.25. The van der Waals surface area contributed by atoms with Crippen LogP contribution in [0.3, 0.4) is 0 Å². The number of rotatable bonds is 19. The summed E-state index contributed by atoms with van der Waals surface area (Å²) in [5.74, 6) is 0. The molecule has 7 rings (SSSR count). The van der Waals surface area contributed by atoms with E-state index < -0.39 is 261 Å². The molecule has 456 valence electrons. The highest BCUT2D eigenvalue weighted by atomic mass is 16.8. The molecule has 0 radical (unpaired) electrons. The molecular weight excluding hydrogens is 1080 g/mol. The lowest BCUT2D eigenvalue weighted by atomic mass is 9.96. The smallest absolute Gasteiger partial charge is 0.187 e. The molecule has 0 unspecified atom stereocenters. The molecule has 0 saturated carbocycles. The average molecular weight is 1150 g/mol. The van der Waals surface area contributed by atoms with Gasteiger partial charge in [0.05, 0.1) is 46.2 Å². The van der Waals surface area contributed by atoms with Gasteiger partial charge in [-0.2, -0.15) is 0 Å². The van der Waals surface area contributed by atoms with E-state index in [2.05, 4.69) is 0 Å². The van der Waals surface area contributed by atoms with Gasteiger partial charge in [-0.15, -0.1) is 0 Å². The minimum Gasteiger partial charge on any atom is -0.394 e. The zero-order valence-electron chi connectivity index (χ0n) is 40.8. The lowest BCUT2D eigenvalue weighted by Crippen LogP contribution is -2.66. The van der Waals surface area contributed by atoms with Gasteiger partial charge >= 0.3 is 0 Å². The second kappa shape index (κ2) is 27.5. The second-order valence-electron chi connectivity index (χ2n) is 19.7. The molecule has 7 fully saturated rings. The summed E-state index contributed by atoms with van der Waals surface area (Å²) in [5.41, 5.74) is 0. The maximum atomic E-state index is 11.5. The monoisotopic (exact) mass is 1150 g/mol. The molecule has 0 aromatic heterocycles. The minimum absolute atomic E-state index is 0.832. The van der Waals surface area contributed by atoms with Gasteiger partial charge in [-0.05, 0) is 0 Å². The Hall–Kier alpha value is -1.44. The Morgan fingerprint density at radius 2 is 0.449 bits per heavy atom. The molecule has 0 bridgehead atoms. The molecule has 7 saturated heterocycles. The van der Waals surface area contributed by atoms with E-state index in [0.717, 1.165) is 0 Å². The van der Waals surface area contributed by atoms with Crippen LogP contribution in [0.1, 0.15) is 0 Å². The van der Waals surface area contributed by atoms with Crippen molar-refractivity contribution in [2.75, 3.05) is 46.2 Å². The zero-order valence-corrected chi connectivity index (χ0v) is 40.8. The first-order valence-corrected chi connectivity index (χ1v) is 24.6. The minimum atomic E-state index is -2.16. The van der Waals surface area contributed by atoms with Crippen molar-refractivity contribution < 1.29 is 179 Å². The fourth-order valence-corrected chi connectivity index (χ4v) is 9.57.